The molecule has 21 heavy (non-hydrogen) atoms. The normalized spacial score (nSPS) is 29.6. The van der Waals surface area contributed by atoms with Crippen LogP contribution in [0.3, 0.4) is 0 Å². The van der Waals surface area contributed by atoms with Gasteiger partial charge in [0.1, 0.15) is 11.7 Å². The van der Waals surface area contributed by atoms with Crippen LogP contribution in [0.1, 0.15) is 0 Å². The Hall–Kier alpha value is -1.92. The van der Waals surface area contributed by atoms with Crippen molar-refractivity contribution in [2.75, 3.05) is 5.32 Å². The van der Waals surface area contributed by atoms with E-state index in [0.29, 0.717) is 5.69 Å². The van der Waals surface area contributed by atoms with Crippen molar-refractivity contribution in [1.82, 2.24) is 0 Å². The molecule has 3 rings (SSSR count). The number of aliphatic carboxylic acids is 1. The van der Waals surface area contributed by atoms with E-state index in [1.165, 1.54) is 12.1 Å². The summed E-state index contributed by atoms with van der Waals surface area (Å²) in [6, 6.07) is 3.76. The van der Waals surface area contributed by atoms with E-state index in [2.05, 4.69) is 5.32 Å². The van der Waals surface area contributed by atoms with Crippen molar-refractivity contribution in [2.45, 2.75) is 12.2 Å². The lowest BCUT2D eigenvalue weighted by Crippen LogP contribution is -2.39. The fraction of sp³-hybridized carbons (Fsp3) is 0.286. The minimum Gasteiger partial charge on any atom is -0.481 e. The van der Waals surface area contributed by atoms with E-state index < -0.39 is 41.7 Å². The van der Waals surface area contributed by atoms with Gasteiger partial charge in [-0.05, 0) is 18.2 Å². The third-order valence-electron chi connectivity index (χ3n) is 3.67. The number of amides is 1. The zero-order valence-electron chi connectivity index (χ0n) is 10.6. The first-order valence-corrected chi connectivity index (χ1v) is 6.67. The second-order valence-corrected chi connectivity index (χ2v) is 5.37. The number of halogens is 2. The number of carboxylic acids is 1. The smallest absolute Gasteiger partial charge is 0.310 e. The first-order chi connectivity index (χ1) is 9.97. The second kappa shape index (κ2) is 5.13. The molecule has 2 aliphatic rings. The molecule has 5 nitrogen and oxygen atoms in total. The lowest BCUT2D eigenvalue weighted by Gasteiger charge is -2.21. The topological polar surface area (TPSA) is 75.6 Å². The van der Waals surface area contributed by atoms with Crippen LogP contribution in [0.2, 0.25) is 5.02 Å². The van der Waals surface area contributed by atoms with Gasteiger partial charge >= 0.3 is 5.97 Å². The van der Waals surface area contributed by atoms with E-state index in [1.807, 2.05) is 0 Å². The number of ether oxygens (including phenoxy) is 1. The summed E-state index contributed by atoms with van der Waals surface area (Å²) in [5.74, 6) is -3.90. The number of rotatable bonds is 3. The third-order valence-corrected chi connectivity index (χ3v) is 3.96. The van der Waals surface area contributed by atoms with Crippen molar-refractivity contribution in [1.29, 1.82) is 0 Å². The molecule has 2 heterocycles. The van der Waals surface area contributed by atoms with E-state index in [-0.39, 0.29) is 5.02 Å². The fourth-order valence-electron chi connectivity index (χ4n) is 2.71. The number of carbonyl (C=O) groups is 2. The lowest BCUT2D eigenvalue weighted by molar-refractivity contribution is -0.145. The van der Waals surface area contributed by atoms with Crippen LogP contribution in [-0.2, 0) is 14.3 Å². The molecule has 2 N–H and O–H groups in total. The van der Waals surface area contributed by atoms with Crippen LogP contribution in [0.15, 0.2) is 30.4 Å². The van der Waals surface area contributed by atoms with Crippen molar-refractivity contribution in [2.24, 2.45) is 11.8 Å². The lowest BCUT2D eigenvalue weighted by atomic mass is 9.82. The maximum Gasteiger partial charge on any atom is 0.310 e. The van der Waals surface area contributed by atoms with Crippen LogP contribution in [0.5, 0.6) is 0 Å². The summed E-state index contributed by atoms with van der Waals surface area (Å²) >= 11 is 5.64. The maximum atomic E-state index is 13.1. The van der Waals surface area contributed by atoms with Gasteiger partial charge in [-0.25, -0.2) is 4.39 Å². The average Bonchev–Trinajstić information content (AvgIpc) is 3.03. The fourth-order valence-corrected chi connectivity index (χ4v) is 2.90. The van der Waals surface area contributed by atoms with Crippen LogP contribution in [-0.4, -0.2) is 29.2 Å². The molecular formula is C14H11ClFNO4. The molecular weight excluding hydrogens is 301 g/mol. The zero-order valence-corrected chi connectivity index (χ0v) is 11.4. The van der Waals surface area contributed by atoms with Crippen LogP contribution in [0.4, 0.5) is 10.1 Å². The summed E-state index contributed by atoms with van der Waals surface area (Å²) < 4.78 is 18.5. The van der Waals surface area contributed by atoms with Crippen molar-refractivity contribution < 1.29 is 23.8 Å². The molecule has 0 unspecified atom stereocenters. The number of carbonyl (C=O) groups excluding carboxylic acids is 1. The Morgan fingerprint density at radius 3 is 2.52 bits per heavy atom. The Morgan fingerprint density at radius 2 is 1.90 bits per heavy atom. The van der Waals surface area contributed by atoms with Crippen molar-refractivity contribution in [3.63, 3.8) is 0 Å². The van der Waals surface area contributed by atoms with Crippen LogP contribution < -0.4 is 5.32 Å². The standard InChI is InChI=1S/C14H11ClFNO4/c15-7-5-6(1-2-8(7)16)17-13(18)11-9-3-4-10(21-9)12(11)14(19)20/h1-5,9-12H,(H,17,18)(H,19,20)/t9-,10+,11-,12-/m0/s1. The van der Waals surface area contributed by atoms with Gasteiger partial charge in [-0.3, -0.25) is 9.59 Å². The van der Waals surface area contributed by atoms with Gasteiger partial charge in [-0.1, -0.05) is 23.8 Å². The van der Waals surface area contributed by atoms with Gasteiger partial charge in [-0.15, -0.1) is 0 Å². The molecule has 0 saturated carbocycles. The summed E-state index contributed by atoms with van der Waals surface area (Å²) in [7, 11) is 0. The van der Waals surface area contributed by atoms with Crippen LogP contribution in [0.25, 0.3) is 0 Å². The van der Waals surface area contributed by atoms with Crippen LogP contribution >= 0.6 is 11.6 Å². The molecule has 0 aliphatic carbocycles. The van der Waals surface area contributed by atoms with Gasteiger partial charge in [0.2, 0.25) is 5.91 Å². The molecule has 1 aromatic rings. The summed E-state index contributed by atoms with van der Waals surface area (Å²) in [6.07, 6.45) is 2.21. The molecule has 0 spiro atoms. The van der Waals surface area contributed by atoms with Crippen molar-refractivity contribution in [3.05, 3.63) is 41.2 Å². The average molecular weight is 312 g/mol. The number of fused-ring (bicyclic) bond motifs is 2. The number of hydrogen-bond acceptors (Lipinski definition) is 3. The Balaban J connectivity index is 1.80. The highest BCUT2D eigenvalue weighted by atomic mass is 35.5. The molecule has 2 aliphatic heterocycles. The van der Waals surface area contributed by atoms with E-state index in [0.717, 1.165) is 6.07 Å². The summed E-state index contributed by atoms with van der Waals surface area (Å²) in [5, 5.41) is 11.7. The maximum absolute atomic E-state index is 13.1. The van der Waals surface area contributed by atoms with Crippen molar-refractivity contribution >= 4 is 29.2 Å². The second-order valence-electron chi connectivity index (χ2n) is 4.96. The molecule has 1 aromatic carbocycles. The van der Waals surface area contributed by atoms with Gasteiger partial charge in [0.05, 0.1) is 23.1 Å². The van der Waals surface area contributed by atoms with Gasteiger partial charge < -0.3 is 15.2 Å². The molecule has 1 saturated heterocycles. The highest BCUT2D eigenvalue weighted by Gasteiger charge is 2.53. The first-order valence-electron chi connectivity index (χ1n) is 6.30. The molecule has 0 aromatic heterocycles. The highest BCUT2D eigenvalue weighted by Crippen LogP contribution is 2.39. The molecule has 110 valence electrons. The van der Waals surface area contributed by atoms with Gasteiger partial charge in [0, 0.05) is 5.69 Å². The number of hydrogen-bond donors (Lipinski definition) is 2. The number of benzene rings is 1. The summed E-state index contributed by atoms with van der Waals surface area (Å²) in [5.41, 5.74) is 0.308. The molecule has 2 bridgehead atoms. The minimum atomic E-state index is -1.08. The summed E-state index contributed by atoms with van der Waals surface area (Å²) in [4.78, 5) is 23.6. The minimum absolute atomic E-state index is 0.119. The zero-order chi connectivity index (χ0) is 15.1. The molecule has 4 atom stereocenters. The molecule has 7 heteroatoms. The number of nitrogens with one attached hydrogen (secondary N) is 1. The quantitative estimate of drug-likeness (QED) is 0.838. The van der Waals surface area contributed by atoms with Crippen molar-refractivity contribution in [3.8, 4) is 0 Å². The van der Waals surface area contributed by atoms with E-state index in [1.54, 1.807) is 12.2 Å². The Labute approximate surface area is 124 Å². The van der Waals surface area contributed by atoms with Gasteiger partial charge in [-0.2, -0.15) is 0 Å². The first kappa shape index (κ1) is 14.0. The monoisotopic (exact) mass is 311 g/mol. The highest BCUT2D eigenvalue weighted by molar-refractivity contribution is 6.31. The predicted molar refractivity (Wildman–Crippen MR) is 72.5 cm³/mol. The number of anilines is 1. The van der Waals surface area contributed by atoms with E-state index in [4.69, 9.17) is 16.3 Å². The SMILES string of the molecule is O=C(Nc1ccc(F)c(Cl)c1)[C@@H]1[C@@H](C(=O)O)[C@H]2C=C[C@@H]1O2. The predicted octanol–water partition coefficient (Wildman–Crippen LogP) is 2.07. The largest absolute Gasteiger partial charge is 0.481 e. The molecule has 0 radical (unpaired) electrons. The summed E-state index contributed by atoms with van der Waals surface area (Å²) in [6.45, 7) is 0. The molecule has 1 amide bonds. The number of carboxylic acid groups (broad SMARTS) is 1. The molecule has 1 fully saturated rings. The van der Waals surface area contributed by atoms with Gasteiger partial charge in [0.15, 0.2) is 0 Å². The van der Waals surface area contributed by atoms with Crippen LogP contribution in [0, 0.1) is 17.7 Å². The Morgan fingerprint density at radius 1 is 1.24 bits per heavy atom. The van der Waals surface area contributed by atoms with Gasteiger partial charge in [0.25, 0.3) is 0 Å². The Kier molecular flexibility index (Phi) is 3.43. The van der Waals surface area contributed by atoms with E-state index >= 15 is 0 Å². The third kappa shape index (κ3) is 2.41. The van der Waals surface area contributed by atoms with E-state index in [9.17, 15) is 19.1 Å². The Bertz CT molecular complexity index is 648.